The molecule has 0 aromatic rings. The van der Waals surface area contributed by atoms with Gasteiger partial charge < -0.3 is 14.8 Å². The zero-order valence-electron chi connectivity index (χ0n) is 13.7. The fourth-order valence-corrected chi connectivity index (χ4v) is 2.38. The van der Waals surface area contributed by atoms with Crippen molar-refractivity contribution in [2.45, 2.75) is 58.5 Å². The number of hydrogen-bond acceptors (Lipinski definition) is 4. The van der Waals surface area contributed by atoms with E-state index >= 15 is 0 Å². The molecule has 0 heterocycles. The normalized spacial score (nSPS) is 16.8. The van der Waals surface area contributed by atoms with Gasteiger partial charge in [-0.1, -0.05) is 0 Å². The maximum atomic E-state index is 5.49. The van der Waals surface area contributed by atoms with Crippen LogP contribution in [0.5, 0.6) is 0 Å². The molecule has 0 spiro atoms. The van der Waals surface area contributed by atoms with Gasteiger partial charge in [0.25, 0.3) is 0 Å². The first kappa shape index (κ1) is 17.9. The lowest BCUT2D eigenvalue weighted by Crippen LogP contribution is -2.38. The van der Waals surface area contributed by atoms with Gasteiger partial charge in [-0.3, -0.25) is 4.90 Å². The summed E-state index contributed by atoms with van der Waals surface area (Å²) in [6, 6.07) is 1.44. The van der Waals surface area contributed by atoms with Crippen molar-refractivity contribution in [3.8, 4) is 0 Å². The average molecular weight is 286 g/mol. The third-order valence-corrected chi connectivity index (χ3v) is 3.89. The number of nitrogens with zero attached hydrogens (tertiary/aromatic N) is 1. The second-order valence-corrected chi connectivity index (χ2v) is 5.65. The number of nitrogens with one attached hydrogen (secondary N) is 1. The predicted molar refractivity (Wildman–Crippen MR) is 84.3 cm³/mol. The van der Waals surface area contributed by atoms with Crippen molar-refractivity contribution < 1.29 is 9.47 Å². The van der Waals surface area contributed by atoms with Gasteiger partial charge in [0.2, 0.25) is 0 Å². The average Bonchev–Trinajstić information content (AvgIpc) is 3.26. The highest BCUT2D eigenvalue weighted by atomic mass is 16.5. The van der Waals surface area contributed by atoms with Crippen molar-refractivity contribution in [3.05, 3.63) is 0 Å². The first-order valence-corrected chi connectivity index (χ1v) is 8.40. The molecule has 1 N–H and O–H groups in total. The molecule has 4 heteroatoms. The first-order chi connectivity index (χ1) is 9.77. The standard InChI is InChI=1S/C16H34N2O2/c1-4-19-13-11-18(12-14-20-5-2)15(3)7-6-10-17-16-8-9-16/h15-17H,4-14H2,1-3H3. The van der Waals surface area contributed by atoms with Crippen molar-refractivity contribution in [1.82, 2.24) is 10.2 Å². The molecule has 1 atom stereocenters. The van der Waals surface area contributed by atoms with Gasteiger partial charge in [0, 0.05) is 38.4 Å². The topological polar surface area (TPSA) is 33.7 Å². The van der Waals surface area contributed by atoms with Crippen LogP contribution in [-0.2, 0) is 9.47 Å². The van der Waals surface area contributed by atoms with Crippen molar-refractivity contribution in [3.63, 3.8) is 0 Å². The molecule has 1 aliphatic rings. The van der Waals surface area contributed by atoms with Crippen LogP contribution in [0, 0.1) is 0 Å². The van der Waals surface area contributed by atoms with E-state index in [9.17, 15) is 0 Å². The minimum Gasteiger partial charge on any atom is -0.380 e. The van der Waals surface area contributed by atoms with Crippen LogP contribution < -0.4 is 5.32 Å². The van der Waals surface area contributed by atoms with Gasteiger partial charge >= 0.3 is 0 Å². The van der Waals surface area contributed by atoms with Gasteiger partial charge in [-0.15, -0.1) is 0 Å². The van der Waals surface area contributed by atoms with E-state index in [-0.39, 0.29) is 0 Å². The van der Waals surface area contributed by atoms with E-state index < -0.39 is 0 Å². The van der Waals surface area contributed by atoms with Crippen LogP contribution in [0.4, 0.5) is 0 Å². The summed E-state index contributed by atoms with van der Waals surface area (Å²) in [5.74, 6) is 0. The second-order valence-electron chi connectivity index (χ2n) is 5.65. The number of hydrogen-bond donors (Lipinski definition) is 1. The maximum absolute atomic E-state index is 5.49. The van der Waals surface area contributed by atoms with Crippen LogP contribution in [0.2, 0.25) is 0 Å². The monoisotopic (exact) mass is 286 g/mol. The van der Waals surface area contributed by atoms with Crippen molar-refractivity contribution in [1.29, 1.82) is 0 Å². The maximum Gasteiger partial charge on any atom is 0.0593 e. The molecule has 1 unspecified atom stereocenters. The number of rotatable bonds is 14. The molecule has 0 saturated heterocycles. The first-order valence-electron chi connectivity index (χ1n) is 8.40. The molecule has 4 nitrogen and oxygen atoms in total. The third kappa shape index (κ3) is 8.90. The Balaban J connectivity index is 2.14. The summed E-state index contributed by atoms with van der Waals surface area (Å²) >= 11 is 0. The molecule has 1 aliphatic carbocycles. The van der Waals surface area contributed by atoms with E-state index in [1.807, 2.05) is 0 Å². The van der Waals surface area contributed by atoms with Gasteiger partial charge in [0.15, 0.2) is 0 Å². The van der Waals surface area contributed by atoms with Crippen LogP contribution in [0.3, 0.4) is 0 Å². The van der Waals surface area contributed by atoms with Crippen molar-refractivity contribution in [2.75, 3.05) is 46.1 Å². The highest BCUT2D eigenvalue weighted by Crippen LogP contribution is 2.18. The Kier molecular flexibility index (Phi) is 10.3. The molecular formula is C16H34N2O2. The van der Waals surface area contributed by atoms with E-state index in [0.29, 0.717) is 6.04 Å². The Labute approximate surface area is 125 Å². The fraction of sp³-hybridized carbons (Fsp3) is 1.00. The van der Waals surface area contributed by atoms with E-state index in [2.05, 4.69) is 31.0 Å². The van der Waals surface area contributed by atoms with Crippen LogP contribution in [-0.4, -0.2) is 63.0 Å². The molecule has 1 saturated carbocycles. The summed E-state index contributed by atoms with van der Waals surface area (Å²) in [4.78, 5) is 2.50. The van der Waals surface area contributed by atoms with E-state index in [1.165, 1.54) is 32.2 Å². The van der Waals surface area contributed by atoms with Crippen LogP contribution >= 0.6 is 0 Å². The molecule has 0 radical (unpaired) electrons. The third-order valence-electron chi connectivity index (χ3n) is 3.89. The Morgan fingerprint density at radius 3 is 2.20 bits per heavy atom. The molecule has 1 fully saturated rings. The zero-order chi connectivity index (χ0) is 14.6. The lowest BCUT2D eigenvalue weighted by molar-refractivity contribution is 0.0640. The lowest BCUT2D eigenvalue weighted by Gasteiger charge is -2.29. The molecule has 20 heavy (non-hydrogen) atoms. The van der Waals surface area contributed by atoms with Crippen LogP contribution in [0.25, 0.3) is 0 Å². The highest BCUT2D eigenvalue weighted by Gasteiger charge is 2.20. The fourth-order valence-electron chi connectivity index (χ4n) is 2.38. The summed E-state index contributed by atoms with van der Waals surface area (Å²) < 4.78 is 11.0. The van der Waals surface area contributed by atoms with E-state index in [0.717, 1.165) is 45.6 Å². The van der Waals surface area contributed by atoms with Gasteiger partial charge in [-0.25, -0.2) is 0 Å². The molecule has 1 rings (SSSR count). The second kappa shape index (κ2) is 11.5. The molecule has 0 aromatic carbocycles. The molecule has 0 amide bonds. The minimum atomic E-state index is 0.608. The Bertz CT molecular complexity index is 213. The molecule has 0 aliphatic heterocycles. The van der Waals surface area contributed by atoms with E-state index in [1.54, 1.807) is 0 Å². The smallest absolute Gasteiger partial charge is 0.0593 e. The summed E-state index contributed by atoms with van der Waals surface area (Å²) in [6.45, 7) is 12.9. The molecule has 0 bridgehead atoms. The predicted octanol–water partition coefficient (Wildman–Crippen LogP) is 2.28. The molecule has 0 aromatic heterocycles. The Morgan fingerprint density at radius 1 is 1.10 bits per heavy atom. The van der Waals surface area contributed by atoms with Crippen LogP contribution in [0.15, 0.2) is 0 Å². The van der Waals surface area contributed by atoms with Gasteiger partial charge in [-0.2, -0.15) is 0 Å². The SMILES string of the molecule is CCOCCN(CCOCC)C(C)CCCNC1CC1. The summed E-state index contributed by atoms with van der Waals surface area (Å²) in [5.41, 5.74) is 0. The van der Waals surface area contributed by atoms with E-state index in [4.69, 9.17) is 9.47 Å². The van der Waals surface area contributed by atoms with Crippen molar-refractivity contribution in [2.24, 2.45) is 0 Å². The summed E-state index contributed by atoms with van der Waals surface area (Å²) in [5, 5.41) is 3.59. The van der Waals surface area contributed by atoms with Gasteiger partial charge in [0.05, 0.1) is 13.2 Å². The lowest BCUT2D eigenvalue weighted by atomic mass is 10.1. The largest absolute Gasteiger partial charge is 0.380 e. The quantitative estimate of drug-likeness (QED) is 0.497. The zero-order valence-corrected chi connectivity index (χ0v) is 13.7. The van der Waals surface area contributed by atoms with Gasteiger partial charge in [-0.05, 0) is 53.0 Å². The summed E-state index contributed by atoms with van der Waals surface area (Å²) in [6.07, 6.45) is 5.27. The highest BCUT2D eigenvalue weighted by molar-refractivity contribution is 4.80. The summed E-state index contributed by atoms with van der Waals surface area (Å²) in [7, 11) is 0. The number of ether oxygens (including phenoxy) is 2. The minimum absolute atomic E-state index is 0.608. The van der Waals surface area contributed by atoms with Crippen molar-refractivity contribution >= 4 is 0 Å². The van der Waals surface area contributed by atoms with Gasteiger partial charge in [0.1, 0.15) is 0 Å². The Morgan fingerprint density at radius 2 is 1.70 bits per heavy atom. The Hall–Kier alpha value is -0.160. The van der Waals surface area contributed by atoms with Crippen LogP contribution in [0.1, 0.15) is 46.5 Å². The molecule has 120 valence electrons. The molecular weight excluding hydrogens is 252 g/mol.